The molecule has 0 fully saturated rings. The number of esters is 1. The van der Waals surface area contributed by atoms with E-state index in [1.54, 1.807) is 16.8 Å². The molecule has 0 amide bonds. The van der Waals surface area contributed by atoms with Gasteiger partial charge in [-0.1, -0.05) is 31.2 Å². The molecule has 0 saturated carbocycles. The highest BCUT2D eigenvalue weighted by Gasteiger charge is 2.11. The summed E-state index contributed by atoms with van der Waals surface area (Å²) in [5.41, 5.74) is 8.18. The molecule has 0 saturated heterocycles. The first-order valence-corrected chi connectivity index (χ1v) is 6.85. The van der Waals surface area contributed by atoms with Gasteiger partial charge in [0.1, 0.15) is 5.69 Å². The van der Waals surface area contributed by atoms with Crippen molar-refractivity contribution in [2.75, 3.05) is 7.11 Å². The zero-order valence-corrected chi connectivity index (χ0v) is 12.5. The Hall–Kier alpha value is -2.21. The van der Waals surface area contributed by atoms with E-state index < -0.39 is 0 Å². The van der Waals surface area contributed by atoms with Crippen LogP contribution in [0.3, 0.4) is 0 Å². The lowest BCUT2D eigenvalue weighted by Gasteiger charge is -2.14. The number of methoxy groups -OCH3 is 1. The van der Waals surface area contributed by atoms with E-state index >= 15 is 0 Å². The van der Waals surface area contributed by atoms with Crippen LogP contribution in [-0.2, 0) is 11.3 Å². The molecular weight excluding hydrogens is 268 g/mol. The number of benzene rings is 1. The van der Waals surface area contributed by atoms with Gasteiger partial charge in [0.25, 0.3) is 0 Å². The fourth-order valence-corrected chi connectivity index (χ4v) is 1.84. The Bertz CT molecular complexity index is 604. The minimum absolute atomic E-state index is 0.0428. The van der Waals surface area contributed by atoms with Crippen molar-refractivity contribution in [3.05, 3.63) is 36.0 Å². The number of ether oxygens (including phenoxy) is 1. The Morgan fingerprint density at radius 2 is 2.00 bits per heavy atom. The van der Waals surface area contributed by atoms with E-state index in [1.807, 2.05) is 18.3 Å². The largest absolute Gasteiger partial charge is 0.465 e. The van der Waals surface area contributed by atoms with Gasteiger partial charge in [-0.05, 0) is 18.1 Å². The van der Waals surface area contributed by atoms with Crippen molar-refractivity contribution >= 4 is 5.97 Å². The molecule has 0 aliphatic carbocycles. The lowest BCUT2D eigenvalue weighted by molar-refractivity contribution is 0.0601. The normalized spacial score (nSPS) is 12.4. The summed E-state index contributed by atoms with van der Waals surface area (Å²) in [4.78, 5) is 11.4. The summed E-state index contributed by atoms with van der Waals surface area (Å²) in [5, 5.41) is 8.22. The average molecular weight is 288 g/mol. The molecular formula is C15H20N4O2. The van der Waals surface area contributed by atoms with Gasteiger partial charge < -0.3 is 10.5 Å². The standard InChI is InChI=1S/C15H20N4O2/c1-10(2)13(16)8-19-9-14(17-18-19)11-4-6-12(7-5-11)15(20)21-3/h4-7,9-10,13H,8,16H2,1-3H3. The smallest absolute Gasteiger partial charge is 0.337 e. The number of hydrogen-bond donors (Lipinski definition) is 1. The molecule has 6 nitrogen and oxygen atoms in total. The Labute approximate surface area is 123 Å². The Kier molecular flexibility index (Phi) is 4.70. The minimum atomic E-state index is -0.354. The molecule has 0 bridgehead atoms. The lowest BCUT2D eigenvalue weighted by atomic mass is 10.1. The summed E-state index contributed by atoms with van der Waals surface area (Å²) in [7, 11) is 1.36. The van der Waals surface area contributed by atoms with Crippen molar-refractivity contribution in [1.29, 1.82) is 0 Å². The van der Waals surface area contributed by atoms with Gasteiger partial charge in [0.2, 0.25) is 0 Å². The van der Waals surface area contributed by atoms with Gasteiger partial charge in [-0.25, -0.2) is 4.79 Å². The minimum Gasteiger partial charge on any atom is -0.465 e. The number of nitrogens with zero attached hydrogens (tertiary/aromatic N) is 3. The molecule has 1 aromatic carbocycles. The maximum Gasteiger partial charge on any atom is 0.337 e. The first kappa shape index (κ1) is 15.2. The van der Waals surface area contributed by atoms with Gasteiger partial charge in [-0.15, -0.1) is 5.10 Å². The highest BCUT2D eigenvalue weighted by molar-refractivity contribution is 5.89. The SMILES string of the molecule is COC(=O)c1ccc(-c2cn(CC(N)C(C)C)nn2)cc1. The fourth-order valence-electron chi connectivity index (χ4n) is 1.84. The summed E-state index contributed by atoms with van der Waals surface area (Å²) in [6.45, 7) is 4.78. The number of carbonyl (C=O) groups excluding carboxylic acids is 1. The highest BCUT2D eigenvalue weighted by atomic mass is 16.5. The van der Waals surface area contributed by atoms with Gasteiger partial charge in [-0.2, -0.15) is 0 Å². The predicted octanol–water partition coefficient (Wildman–Crippen LogP) is 1.71. The van der Waals surface area contributed by atoms with E-state index in [9.17, 15) is 4.79 Å². The molecule has 2 rings (SSSR count). The van der Waals surface area contributed by atoms with Crippen LogP contribution in [0, 0.1) is 5.92 Å². The van der Waals surface area contributed by atoms with Gasteiger partial charge in [0.05, 0.1) is 25.4 Å². The van der Waals surface area contributed by atoms with E-state index in [2.05, 4.69) is 28.9 Å². The van der Waals surface area contributed by atoms with Crippen LogP contribution in [-0.4, -0.2) is 34.1 Å². The molecule has 0 aliphatic rings. The summed E-state index contributed by atoms with van der Waals surface area (Å²) >= 11 is 0. The lowest BCUT2D eigenvalue weighted by Crippen LogP contribution is -2.31. The van der Waals surface area contributed by atoms with Crippen molar-refractivity contribution in [3.8, 4) is 11.3 Å². The molecule has 2 N–H and O–H groups in total. The Morgan fingerprint density at radius 3 is 2.57 bits per heavy atom. The van der Waals surface area contributed by atoms with Crippen molar-refractivity contribution in [1.82, 2.24) is 15.0 Å². The summed E-state index contributed by atoms with van der Waals surface area (Å²) in [5.74, 6) is 0.0325. The molecule has 6 heteroatoms. The van der Waals surface area contributed by atoms with Gasteiger partial charge in [0.15, 0.2) is 0 Å². The van der Waals surface area contributed by atoms with Crippen LogP contribution in [0.2, 0.25) is 0 Å². The molecule has 1 heterocycles. The molecule has 1 unspecified atom stereocenters. The first-order chi connectivity index (χ1) is 10.0. The molecule has 2 aromatic rings. The monoisotopic (exact) mass is 288 g/mol. The molecule has 0 spiro atoms. The summed E-state index contributed by atoms with van der Waals surface area (Å²) < 4.78 is 6.41. The summed E-state index contributed by atoms with van der Waals surface area (Å²) in [6, 6.07) is 7.10. The quantitative estimate of drug-likeness (QED) is 0.847. The first-order valence-electron chi connectivity index (χ1n) is 6.85. The summed E-state index contributed by atoms with van der Waals surface area (Å²) in [6.07, 6.45) is 1.86. The van der Waals surface area contributed by atoms with Gasteiger partial charge in [0, 0.05) is 11.6 Å². The highest BCUT2D eigenvalue weighted by Crippen LogP contribution is 2.17. The third-order valence-electron chi connectivity index (χ3n) is 3.39. The molecule has 21 heavy (non-hydrogen) atoms. The number of nitrogens with two attached hydrogens (primary N) is 1. The van der Waals surface area contributed by atoms with Crippen LogP contribution >= 0.6 is 0 Å². The maximum absolute atomic E-state index is 11.4. The van der Waals surface area contributed by atoms with Crippen LogP contribution in [0.5, 0.6) is 0 Å². The topological polar surface area (TPSA) is 83.0 Å². The average Bonchev–Trinajstić information content (AvgIpc) is 2.95. The maximum atomic E-state index is 11.4. The number of hydrogen-bond acceptors (Lipinski definition) is 5. The van der Waals surface area contributed by atoms with Crippen molar-refractivity contribution in [3.63, 3.8) is 0 Å². The third kappa shape index (κ3) is 3.66. The molecule has 1 aromatic heterocycles. The van der Waals surface area contributed by atoms with Crippen molar-refractivity contribution in [2.24, 2.45) is 11.7 Å². The number of aromatic nitrogens is 3. The van der Waals surface area contributed by atoms with E-state index in [4.69, 9.17) is 5.73 Å². The van der Waals surface area contributed by atoms with E-state index in [1.165, 1.54) is 7.11 Å². The van der Waals surface area contributed by atoms with Crippen LogP contribution in [0.4, 0.5) is 0 Å². The van der Waals surface area contributed by atoms with Crippen LogP contribution in [0.15, 0.2) is 30.5 Å². The van der Waals surface area contributed by atoms with Crippen LogP contribution < -0.4 is 5.73 Å². The second-order valence-corrected chi connectivity index (χ2v) is 5.30. The molecule has 1 atom stereocenters. The van der Waals surface area contributed by atoms with Crippen molar-refractivity contribution < 1.29 is 9.53 Å². The zero-order chi connectivity index (χ0) is 15.4. The fraction of sp³-hybridized carbons (Fsp3) is 0.400. The second-order valence-electron chi connectivity index (χ2n) is 5.30. The predicted molar refractivity (Wildman–Crippen MR) is 79.6 cm³/mol. The molecule has 0 aliphatic heterocycles. The zero-order valence-electron chi connectivity index (χ0n) is 12.5. The van der Waals surface area contributed by atoms with Crippen LogP contribution in [0.25, 0.3) is 11.3 Å². The van der Waals surface area contributed by atoms with E-state index in [-0.39, 0.29) is 12.0 Å². The van der Waals surface area contributed by atoms with Crippen molar-refractivity contribution in [2.45, 2.75) is 26.4 Å². The second kappa shape index (κ2) is 6.49. The van der Waals surface area contributed by atoms with E-state index in [0.717, 1.165) is 11.3 Å². The Balaban J connectivity index is 2.12. The Morgan fingerprint density at radius 1 is 1.33 bits per heavy atom. The van der Waals surface area contributed by atoms with Gasteiger partial charge in [-0.3, -0.25) is 4.68 Å². The van der Waals surface area contributed by atoms with E-state index in [0.29, 0.717) is 18.0 Å². The number of rotatable bonds is 5. The van der Waals surface area contributed by atoms with Gasteiger partial charge >= 0.3 is 5.97 Å². The molecule has 0 radical (unpaired) electrons. The number of carbonyl (C=O) groups is 1. The third-order valence-corrected chi connectivity index (χ3v) is 3.39. The molecule has 112 valence electrons. The van der Waals surface area contributed by atoms with Crippen LogP contribution in [0.1, 0.15) is 24.2 Å².